The van der Waals surface area contributed by atoms with Crippen LogP contribution >= 0.6 is 23.2 Å². The Morgan fingerprint density at radius 2 is 1.25 bits per heavy atom. The average Bonchev–Trinajstić information content (AvgIpc) is 1.64. The SMILES string of the molecule is CC1(Cl)C=CC1(C)Cl. The van der Waals surface area contributed by atoms with E-state index in [1.807, 2.05) is 26.0 Å². The first kappa shape index (κ1) is 6.44. The van der Waals surface area contributed by atoms with Crippen molar-refractivity contribution in [1.82, 2.24) is 0 Å². The fourth-order valence-electron chi connectivity index (χ4n) is 0.543. The molecule has 0 nitrogen and oxygen atoms in total. The molecule has 0 radical (unpaired) electrons. The van der Waals surface area contributed by atoms with Gasteiger partial charge in [0.15, 0.2) is 0 Å². The molecule has 0 aliphatic heterocycles. The molecule has 0 amide bonds. The zero-order valence-corrected chi connectivity index (χ0v) is 6.42. The van der Waals surface area contributed by atoms with Crippen LogP contribution in [-0.2, 0) is 0 Å². The van der Waals surface area contributed by atoms with Crippen LogP contribution in [0.2, 0.25) is 0 Å². The predicted molar refractivity (Wildman–Crippen MR) is 37.7 cm³/mol. The largest absolute Gasteiger partial charge is 0.113 e. The van der Waals surface area contributed by atoms with Gasteiger partial charge in [-0.1, -0.05) is 12.2 Å². The van der Waals surface area contributed by atoms with Crippen molar-refractivity contribution in [2.75, 3.05) is 0 Å². The molecule has 8 heavy (non-hydrogen) atoms. The zero-order valence-electron chi connectivity index (χ0n) is 4.91. The zero-order chi connectivity index (χ0) is 6.41. The molecule has 0 saturated carbocycles. The summed E-state index contributed by atoms with van der Waals surface area (Å²) in [5, 5.41) is 0. The van der Waals surface area contributed by atoms with Crippen LogP contribution in [0.15, 0.2) is 12.2 Å². The van der Waals surface area contributed by atoms with E-state index >= 15 is 0 Å². The van der Waals surface area contributed by atoms with E-state index in [0.717, 1.165) is 0 Å². The monoisotopic (exact) mass is 150 g/mol. The maximum atomic E-state index is 5.88. The molecule has 1 aliphatic carbocycles. The minimum Gasteiger partial charge on any atom is -0.113 e. The number of halogens is 2. The number of allylic oxidation sites excluding steroid dienone is 2. The molecule has 0 spiro atoms. The second kappa shape index (κ2) is 1.43. The quantitative estimate of drug-likeness (QED) is 0.368. The van der Waals surface area contributed by atoms with Gasteiger partial charge in [0.2, 0.25) is 0 Å². The lowest BCUT2D eigenvalue weighted by atomic mass is 9.83. The van der Waals surface area contributed by atoms with Crippen molar-refractivity contribution in [2.45, 2.75) is 23.6 Å². The van der Waals surface area contributed by atoms with E-state index in [-0.39, 0.29) is 9.75 Å². The van der Waals surface area contributed by atoms with Gasteiger partial charge in [-0.3, -0.25) is 0 Å². The van der Waals surface area contributed by atoms with Gasteiger partial charge < -0.3 is 0 Å². The lowest BCUT2D eigenvalue weighted by Gasteiger charge is -2.39. The topological polar surface area (TPSA) is 0 Å². The van der Waals surface area contributed by atoms with E-state index < -0.39 is 0 Å². The number of alkyl halides is 2. The second-order valence-corrected chi connectivity index (χ2v) is 4.05. The minimum atomic E-state index is -0.325. The van der Waals surface area contributed by atoms with Crippen molar-refractivity contribution in [3.05, 3.63) is 12.2 Å². The van der Waals surface area contributed by atoms with Gasteiger partial charge in [0, 0.05) is 0 Å². The highest BCUT2D eigenvalue weighted by Gasteiger charge is 2.44. The van der Waals surface area contributed by atoms with Crippen LogP contribution in [0.4, 0.5) is 0 Å². The molecule has 2 heteroatoms. The fourth-order valence-corrected chi connectivity index (χ4v) is 0.795. The third kappa shape index (κ3) is 0.672. The highest BCUT2D eigenvalue weighted by molar-refractivity contribution is 6.38. The summed E-state index contributed by atoms with van der Waals surface area (Å²) in [6.07, 6.45) is 3.81. The average molecular weight is 151 g/mol. The third-order valence-corrected chi connectivity index (χ3v) is 2.80. The first-order valence-electron chi connectivity index (χ1n) is 2.54. The normalized spacial score (nSPS) is 53.5. The summed E-state index contributed by atoms with van der Waals surface area (Å²) in [7, 11) is 0. The van der Waals surface area contributed by atoms with Crippen molar-refractivity contribution in [3.63, 3.8) is 0 Å². The van der Waals surface area contributed by atoms with Crippen LogP contribution < -0.4 is 0 Å². The molecule has 0 aromatic heterocycles. The lowest BCUT2D eigenvalue weighted by Crippen LogP contribution is -2.44. The van der Waals surface area contributed by atoms with Gasteiger partial charge in [-0.2, -0.15) is 0 Å². The molecule has 2 atom stereocenters. The maximum absolute atomic E-state index is 5.88. The Hall–Kier alpha value is 0.320. The van der Waals surface area contributed by atoms with Crippen molar-refractivity contribution in [1.29, 1.82) is 0 Å². The van der Waals surface area contributed by atoms with E-state index in [1.165, 1.54) is 0 Å². The maximum Gasteiger partial charge on any atom is 0.0822 e. The summed E-state index contributed by atoms with van der Waals surface area (Å²) in [6, 6.07) is 0. The van der Waals surface area contributed by atoms with Crippen LogP contribution in [0.25, 0.3) is 0 Å². The molecule has 0 fully saturated rings. The minimum absolute atomic E-state index is 0.325. The summed E-state index contributed by atoms with van der Waals surface area (Å²) in [4.78, 5) is -0.650. The van der Waals surface area contributed by atoms with Gasteiger partial charge in [-0.25, -0.2) is 0 Å². The Morgan fingerprint density at radius 1 is 1.00 bits per heavy atom. The van der Waals surface area contributed by atoms with Crippen LogP contribution in [0.5, 0.6) is 0 Å². The first-order valence-corrected chi connectivity index (χ1v) is 3.29. The Bertz CT molecular complexity index is 117. The highest BCUT2D eigenvalue weighted by atomic mass is 35.5. The highest BCUT2D eigenvalue weighted by Crippen LogP contribution is 2.44. The molecule has 1 aliphatic rings. The fraction of sp³-hybridized carbons (Fsp3) is 0.667. The molecule has 1 rings (SSSR count). The molecular formula is C6H8Cl2. The van der Waals surface area contributed by atoms with Gasteiger partial charge in [-0.15, -0.1) is 23.2 Å². The van der Waals surface area contributed by atoms with Crippen LogP contribution in [0, 0.1) is 0 Å². The molecule has 0 saturated heterocycles. The molecule has 0 aromatic carbocycles. The number of hydrogen-bond acceptors (Lipinski definition) is 0. The Kier molecular flexibility index (Phi) is 1.15. The molecule has 46 valence electrons. The van der Waals surface area contributed by atoms with Gasteiger partial charge in [0.1, 0.15) is 0 Å². The summed E-state index contributed by atoms with van der Waals surface area (Å²) in [5.41, 5.74) is 0. The molecule has 0 bridgehead atoms. The van der Waals surface area contributed by atoms with E-state index in [9.17, 15) is 0 Å². The third-order valence-electron chi connectivity index (χ3n) is 1.67. The molecule has 2 unspecified atom stereocenters. The molecule has 0 N–H and O–H groups in total. The van der Waals surface area contributed by atoms with Crippen LogP contribution in [-0.4, -0.2) is 9.75 Å². The summed E-state index contributed by atoms with van der Waals surface area (Å²) >= 11 is 11.8. The van der Waals surface area contributed by atoms with Crippen molar-refractivity contribution in [2.24, 2.45) is 0 Å². The molecule has 0 aromatic rings. The van der Waals surface area contributed by atoms with Crippen LogP contribution in [0.3, 0.4) is 0 Å². The van der Waals surface area contributed by atoms with Gasteiger partial charge >= 0.3 is 0 Å². The van der Waals surface area contributed by atoms with Crippen molar-refractivity contribution in [3.8, 4) is 0 Å². The Balaban J connectivity index is 2.82. The van der Waals surface area contributed by atoms with Crippen molar-refractivity contribution >= 4 is 23.2 Å². The van der Waals surface area contributed by atoms with Gasteiger partial charge in [0.05, 0.1) is 9.75 Å². The predicted octanol–water partition coefficient (Wildman–Crippen LogP) is 2.55. The number of rotatable bonds is 0. The Labute approximate surface area is 59.5 Å². The standard InChI is InChI=1S/C6H8Cl2/c1-5(7)3-4-6(5,2)8/h3-4H,1-2H3. The first-order chi connectivity index (χ1) is 3.46. The smallest absolute Gasteiger partial charge is 0.0822 e. The van der Waals surface area contributed by atoms with E-state index in [2.05, 4.69) is 0 Å². The van der Waals surface area contributed by atoms with Crippen molar-refractivity contribution < 1.29 is 0 Å². The van der Waals surface area contributed by atoms with Crippen LogP contribution in [0.1, 0.15) is 13.8 Å². The molecule has 0 heterocycles. The molecular weight excluding hydrogens is 143 g/mol. The second-order valence-electron chi connectivity index (χ2n) is 2.48. The lowest BCUT2D eigenvalue weighted by molar-refractivity contribution is 0.576. The van der Waals surface area contributed by atoms with E-state index in [4.69, 9.17) is 23.2 Å². The number of hydrogen-bond donors (Lipinski definition) is 0. The van der Waals surface area contributed by atoms with Gasteiger partial charge in [0.25, 0.3) is 0 Å². The summed E-state index contributed by atoms with van der Waals surface area (Å²) < 4.78 is 0. The Morgan fingerprint density at radius 3 is 1.25 bits per heavy atom. The van der Waals surface area contributed by atoms with E-state index in [0.29, 0.717) is 0 Å². The summed E-state index contributed by atoms with van der Waals surface area (Å²) in [6.45, 7) is 3.81. The van der Waals surface area contributed by atoms with E-state index in [1.54, 1.807) is 0 Å². The van der Waals surface area contributed by atoms with Gasteiger partial charge in [-0.05, 0) is 13.8 Å². The summed E-state index contributed by atoms with van der Waals surface area (Å²) in [5.74, 6) is 0.